The minimum atomic E-state index is -1.32. The van der Waals surface area contributed by atoms with Crippen molar-refractivity contribution in [2.45, 2.75) is 6.04 Å². The topological polar surface area (TPSA) is 84.6 Å². The van der Waals surface area contributed by atoms with Gasteiger partial charge in [-0.1, -0.05) is 5.11 Å². The molecule has 18 heavy (non-hydrogen) atoms. The molecule has 8 heteroatoms. The fourth-order valence-electron chi connectivity index (χ4n) is 1.29. The molecule has 5 nitrogen and oxygen atoms in total. The molecule has 0 aliphatic carbocycles. The first kappa shape index (κ1) is 13.8. The summed E-state index contributed by atoms with van der Waals surface area (Å²) in [7, 11) is 0. The fourth-order valence-corrected chi connectivity index (χ4v) is 1.29. The first-order valence-corrected chi connectivity index (χ1v) is 4.88. The number of nitrogens with one attached hydrogen (secondary N) is 1. The van der Waals surface area contributed by atoms with E-state index in [-0.39, 0.29) is 18.7 Å². The molecule has 1 rings (SSSR count). The third kappa shape index (κ3) is 3.38. The number of hydrogen-bond donors (Lipinski definition) is 1. The van der Waals surface area contributed by atoms with E-state index in [2.05, 4.69) is 15.3 Å². The van der Waals surface area contributed by atoms with Crippen molar-refractivity contribution in [1.29, 1.82) is 5.26 Å². The maximum absolute atomic E-state index is 13.4. The molecule has 0 saturated carbocycles. The van der Waals surface area contributed by atoms with Crippen LogP contribution in [0.1, 0.15) is 11.6 Å². The van der Waals surface area contributed by atoms with Crippen LogP contribution >= 0.6 is 0 Å². The smallest absolute Gasteiger partial charge is 0.161 e. The van der Waals surface area contributed by atoms with Crippen LogP contribution in [0.15, 0.2) is 17.2 Å². The van der Waals surface area contributed by atoms with Gasteiger partial charge in [-0.3, -0.25) is 5.32 Å². The van der Waals surface area contributed by atoms with Crippen molar-refractivity contribution >= 4 is 0 Å². The molecule has 0 amide bonds. The van der Waals surface area contributed by atoms with Gasteiger partial charge in [0.05, 0.1) is 6.07 Å². The van der Waals surface area contributed by atoms with Crippen molar-refractivity contribution in [2.75, 3.05) is 13.1 Å². The van der Waals surface area contributed by atoms with Crippen molar-refractivity contribution in [1.82, 2.24) is 5.32 Å². The Balaban J connectivity index is 2.85. The number of benzene rings is 1. The zero-order valence-corrected chi connectivity index (χ0v) is 9.07. The lowest BCUT2D eigenvalue weighted by Crippen LogP contribution is -2.24. The molecule has 1 aromatic rings. The van der Waals surface area contributed by atoms with Gasteiger partial charge >= 0.3 is 0 Å². The van der Waals surface area contributed by atoms with E-state index in [0.717, 1.165) is 0 Å². The van der Waals surface area contributed by atoms with E-state index < -0.39 is 23.5 Å². The van der Waals surface area contributed by atoms with E-state index in [4.69, 9.17) is 10.8 Å². The number of azide groups is 1. The van der Waals surface area contributed by atoms with Crippen molar-refractivity contribution in [3.63, 3.8) is 0 Å². The fraction of sp³-hybridized carbons (Fsp3) is 0.300. The molecule has 0 aliphatic rings. The van der Waals surface area contributed by atoms with E-state index in [1.165, 1.54) is 0 Å². The van der Waals surface area contributed by atoms with E-state index in [0.29, 0.717) is 12.1 Å². The molecular formula is C10H8F3N5. The van der Waals surface area contributed by atoms with Gasteiger partial charge in [-0.05, 0) is 11.6 Å². The molecule has 94 valence electrons. The molecular weight excluding hydrogens is 247 g/mol. The van der Waals surface area contributed by atoms with Crippen LogP contribution in [0.2, 0.25) is 0 Å². The number of halogens is 3. The predicted octanol–water partition coefficient (Wildman–Crippen LogP) is 2.57. The third-order valence-electron chi connectivity index (χ3n) is 2.10. The standard InChI is InChI=1S/C10H8F3N5/c11-7-4-9(13)8(12)3-6(7)10(5-14)16-1-2-17-18-15/h3-4,10,16H,1-2H2. The lowest BCUT2D eigenvalue weighted by atomic mass is 10.1. The average Bonchev–Trinajstić information content (AvgIpc) is 2.35. The number of rotatable bonds is 5. The van der Waals surface area contributed by atoms with Gasteiger partial charge < -0.3 is 0 Å². The molecule has 0 bridgehead atoms. The Bertz CT molecular complexity index is 519. The SMILES string of the molecule is N#CC(NCCN=[N+]=[N-])c1cc(F)c(F)cc1F. The lowest BCUT2D eigenvalue weighted by molar-refractivity contribution is 0.483. The van der Waals surface area contributed by atoms with Gasteiger partial charge in [0, 0.05) is 29.6 Å². The summed E-state index contributed by atoms with van der Waals surface area (Å²) < 4.78 is 39.0. The van der Waals surface area contributed by atoms with Gasteiger partial charge in [-0.15, -0.1) is 0 Å². The number of nitrogens with zero attached hydrogens (tertiary/aromatic N) is 4. The van der Waals surface area contributed by atoms with E-state index >= 15 is 0 Å². The minimum Gasteiger partial charge on any atom is -0.298 e. The lowest BCUT2D eigenvalue weighted by Gasteiger charge is -2.12. The van der Waals surface area contributed by atoms with Crippen LogP contribution in [-0.4, -0.2) is 13.1 Å². The highest BCUT2D eigenvalue weighted by molar-refractivity contribution is 5.27. The Hall–Kier alpha value is -2.23. The summed E-state index contributed by atoms with van der Waals surface area (Å²) in [5.41, 5.74) is 7.74. The van der Waals surface area contributed by atoms with E-state index in [1.807, 2.05) is 0 Å². The Kier molecular flexibility index (Phi) is 4.99. The number of nitriles is 1. The molecule has 0 heterocycles. The molecule has 1 aromatic carbocycles. The molecule has 1 unspecified atom stereocenters. The molecule has 0 aromatic heterocycles. The predicted molar refractivity (Wildman–Crippen MR) is 56.7 cm³/mol. The van der Waals surface area contributed by atoms with E-state index in [9.17, 15) is 13.2 Å². The van der Waals surface area contributed by atoms with Gasteiger partial charge in [0.2, 0.25) is 0 Å². The van der Waals surface area contributed by atoms with Gasteiger partial charge in [0.1, 0.15) is 11.9 Å². The van der Waals surface area contributed by atoms with Crippen molar-refractivity contribution < 1.29 is 13.2 Å². The second-order valence-electron chi connectivity index (χ2n) is 3.26. The highest BCUT2D eigenvalue weighted by atomic mass is 19.2. The zero-order chi connectivity index (χ0) is 13.5. The normalized spacial score (nSPS) is 11.4. The highest BCUT2D eigenvalue weighted by Gasteiger charge is 2.17. The average molecular weight is 255 g/mol. The molecule has 1 N–H and O–H groups in total. The Labute approximate surface area is 100 Å². The molecule has 0 fully saturated rings. The second kappa shape index (κ2) is 6.49. The summed E-state index contributed by atoms with van der Waals surface area (Å²) in [5, 5.41) is 14.6. The van der Waals surface area contributed by atoms with Crippen molar-refractivity contribution in [2.24, 2.45) is 5.11 Å². The Morgan fingerprint density at radius 1 is 1.33 bits per heavy atom. The molecule has 0 saturated heterocycles. The van der Waals surface area contributed by atoms with Gasteiger partial charge in [0.15, 0.2) is 11.6 Å². The Morgan fingerprint density at radius 2 is 2.00 bits per heavy atom. The largest absolute Gasteiger partial charge is 0.298 e. The van der Waals surface area contributed by atoms with E-state index in [1.54, 1.807) is 6.07 Å². The quantitative estimate of drug-likeness (QED) is 0.288. The molecule has 0 aliphatic heterocycles. The molecule has 0 radical (unpaired) electrons. The summed E-state index contributed by atoms with van der Waals surface area (Å²) in [5.74, 6) is -3.57. The molecule has 0 spiro atoms. The van der Waals surface area contributed by atoms with Crippen LogP contribution in [0.4, 0.5) is 13.2 Å². The third-order valence-corrected chi connectivity index (χ3v) is 2.10. The summed E-state index contributed by atoms with van der Waals surface area (Å²) in [6.07, 6.45) is 0. The summed E-state index contributed by atoms with van der Waals surface area (Å²) in [6, 6.07) is 1.57. The van der Waals surface area contributed by atoms with Crippen LogP contribution < -0.4 is 5.32 Å². The maximum atomic E-state index is 13.4. The molecule has 1 atom stereocenters. The highest BCUT2D eigenvalue weighted by Crippen LogP contribution is 2.19. The first-order valence-electron chi connectivity index (χ1n) is 4.88. The van der Waals surface area contributed by atoms with Crippen LogP contribution in [0.5, 0.6) is 0 Å². The minimum absolute atomic E-state index is 0.0555. The van der Waals surface area contributed by atoms with Crippen molar-refractivity contribution in [3.05, 3.63) is 45.6 Å². The monoisotopic (exact) mass is 255 g/mol. The van der Waals surface area contributed by atoms with Gasteiger partial charge in [-0.25, -0.2) is 13.2 Å². The Morgan fingerprint density at radius 3 is 2.61 bits per heavy atom. The number of hydrogen-bond acceptors (Lipinski definition) is 3. The summed E-state index contributed by atoms with van der Waals surface area (Å²) in [6.45, 7) is 0.167. The second-order valence-corrected chi connectivity index (χ2v) is 3.26. The van der Waals surface area contributed by atoms with Crippen LogP contribution in [0.25, 0.3) is 10.4 Å². The van der Waals surface area contributed by atoms with Crippen molar-refractivity contribution in [3.8, 4) is 6.07 Å². The summed E-state index contributed by atoms with van der Waals surface area (Å²) in [4.78, 5) is 2.49. The van der Waals surface area contributed by atoms with Crippen LogP contribution in [0.3, 0.4) is 0 Å². The summed E-state index contributed by atoms with van der Waals surface area (Å²) >= 11 is 0. The first-order chi connectivity index (χ1) is 8.60. The van der Waals surface area contributed by atoms with Crippen LogP contribution in [-0.2, 0) is 0 Å². The van der Waals surface area contributed by atoms with Gasteiger partial charge in [0.25, 0.3) is 0 Å². The van der Waals surface area contributed by atoms with Gasteiger partial charge in [-0.2, -0.15) is 5.26 Å². The zero-order valence-electron chi connectivity index (χ0n) is 9.07. The maximum Gasteiger partial charge on any atom is 0.161 e. The van der Waals surface area contributed by atoms with Crippen LogP contribution in [0, 0.1) is 28.8 Å².